The minimum Gasteiger partial charge on any atom is -0.404 e. The third kappa shape index (κ3) is 0.872. The van der Waals surface area contributed by atoms with Gasteiger partial charge in [0.15, 0.2) is 5.76 Å². The highest BCUT2D eigenvalue weighted by Crippen LogP contribution is 1.96. The molecule has 1 aromatic heterocycles. The molecule has 3 nitrogen and oxygen atoms in total. The molecule has 0 atom stereocenters. The van der Waals surface area contributed by atoms with Crippen LogP contribution in [-0.2, 0) is 0 Å². The summed E-state index contributed by atoms with van der Waals surface area (Å²) in [6.45, 7) is 0. The van der Waals surface area contributed by atoms with Crippen LogP contribution in [0, 0.1) is 0 Å². The van der Waals surface area contributed by atoms with Crippen LogP contribution in [0.4, 0.5) is 0 Å². The van der Waals surface area contributed by atoms with Crippen LogP contribution in [-0.4, -0.2) is 5.16 Å². The Hall–Kier alpha value is -1.25. The fraction of sp³-hybridized carbons (Fsp3) is 0. The Morgan fingerprint density at radius 3 is 3.12 bits per heavy atom. The Bertz CT molecular complexity index is 167. The predicted molar refractivity (Wildman–Crippen MR) is 29.7 cm³/mol. The van der Waals surface area contributed by atoms with Crippen molar-refractivity contribution >= 4 is 6.08 Å². The van der Waals surface area contributed by atoms with Gasteiger partial charge in [-0.2, -0.15) is 0 Å². The van der Waals surface area contributed by atoms with Crippen LogP contribution < -0.4 is 5.73 Å². The van der Waals surface area contributed by atoms with Gasteiger partial charge in [0.25, 0.3) is 0 Å². The van der Waals surface area contributed by atoms with Crippen molar-refractivity contribution in [2.45, 2.75) is 0 Å². The molecule has 0 bridgehead atoms. The van der Waals surface area contributed by atoms with E-state index in [0.717, 1.165) is 0 Å². The number of aromatic nitrogens is 1. The largest absolute Gasteiger partial charge is 0.404 e. The summed E-state index contributed by atoms with van der Waals surface area (Å²) in [4.78, 5) is 0. The first-order valence-corrected chi connectivity index (χ1v) is 2.22. The summed E-state index contributed by atoms with van der Waals surface area (Å²) in [6, 6.07) is 1.73. The normalized spacial score (nSPS) is 10.5. The van der Waals surface area contributed by atoms with Crippen molar-refractivity contribution in [3.63, 3.8) is 0 Å². The minimum absolute atomic E-state index is 0.674. The number of nitrogens with two attached hydrogens (primary N) is 1. The monoisotopic (exact) mass is 110 g/mol. The maximum absolute atomic E-state index is 5.05. The quantitative estimate of drug-likeness (QED) is 0.576. The van der Waals surface area contributed by atoms with Gasteiger partial charge in [0.05, 0.1) is 6.20 Å². The van der Waals surface area contributed by atoms with Gasteiger partial charge in [-0.05, 0) is 12.3 Å². The standard InChI is InChI=1S/C5H6N2O/c6-3-1-5-2-4-7-8-5/h1-4H,6H2/b3-1+. The molecular weight excluding hydrogens is 104 g/mol. The second-order valence-electron chi connectivity index (χ2n) is 1.27. The zero-order valence-electron chi connectivity index (χ0n) is 4.24. The first-order chi connectivity index (χ1) is 3.93. The molecule has 3 heteroatoms. The van der Waals surface area contributed by atoms with Crippen molar-refractivity contribution in [2.75, 3.05) is 0 Å². The van der Waals surface area contributed by atoms with Crippen LogP contribution in [0.2, 0.25) is 0 Å². The topological polar surface area (TPSA) is 52.0 Å². The maximum atomic E-state index is 5.05. The molecule has 1 heterocycles. The molecule has 0 saturated heterocycles. The van der Waals surface area contributed by atoms with E-state index in [0.29, 0.717) is 5.76 Å². The Labute approximate surface area is 46.8 Å². The molecule has 0 amide bonds. The second-order valence-corrected chi connectivity index (χ2v) is 1.27. The van der Waals surface area contributed by atoms with Crippen LogP contribution in [0.3, 0.4) is 0 Å². The lowest BCUT2D eigenvalue weighted by Crippen LogP contribution is -1.73. The van der Waals surface area contributed by atoms with E-state index in [9.17, 15) is 0 Å². The van der Waals surface area contributed by atoms with Crippen molar-refractivity contribution in [2.24, 2.45) is 5.73 Å². The van der Waals surface area contributed by atoms with E-state index in [1.807, 2.05) is 0 Å². The molecule has 0 aliphatic rings. The summed E-state index contributed by atoms with van der Waals surface area (Å²) in [7, 11) is 0. The van der Waals surface area contributed by atoms with Gasteiger partial charge in [-0.3, -0.25) is 0 Å². The van der Waals surface area contributed by atoms with E-state index in [1.165, 1.54) is 6.20 Å². The summed E-state index contributed by atoms with van der Waals surface area (Å²) in [5, 5.41) is 3.46. The van der Waals surface area contributed by atoms with Gasteiger partial charge in [0.2, 0.25) is 0 Å². The van der Waals surface area contributed by atoms with Crippen LogP contribution >= 0.6 is 0 Å². The van der Waals surface area contributed by atoms with E-state index in [-0.39, 0.29) is 0 Å². The molecule has 2 N–H and O–H groups in total. The molecule has 0 aliphatic heterocycles. The van der Waals surface area contributed by atoms with Crippen LogP contribution in [0.1, 0.15) is 5.76 Å². The van der Waals surface area contributed by atoms with Gasteiger partial charge < -0.3 is 10.3 Å². The van der Waals surface area contributed by atoms with Gasteiger partial charge in [-0.1, -0.05) is 5.16 Å². The average molecular weight is 110 g/mol. The molecule has 0 aliphatic carbocycles. The van der Waals surface area contributed by atoms with Gasteiger partial charge in [0, 0.05) is 6.07 Å². The fourth-order valence-electron chi connectivity index (χ4n) is 0.406. The minimum atomic E-state index is 0.674. The molecule has 0 unspecified atom stereocenters. The lowest BCUT2D eigenvalue weighted by molar-refractivity contribution is 0.412. The summed E-state index contributed by atoms with van der Waals surface area (Å²) in [5.41, 5.74) is 5.05. The zero-order chi connectivity index (χ0) is 5.82. The van der Waals surface area contributed by atoms with Gasteiger partial charge >= 0.3 is 0 Å². The summed E-state index contributed by atoms with van der Waals surface area (Å²) >= 11 is 0. The Balaban J connectivity index is 2.77. The summed E-state index contributed by atoms with van der Waals surface area (Å²) in [6.07, 6.45) is 4.60. The van der Waals surface area contributed by atoms with Crippen molar-refractivity contribution in [1.82, 2.24) is 5.16 Å². The molecule has 42 valence electrons. The molecule has 0 spiro atoms. The molecular formula is C5H6N2O. The third-order valence-corrected chi connectivity index (χ3v) is 0.718. The summed E-state index contributed by atoms with van der Waals surface area (Å²) in [5.74, 6) is 0.674. The zero-order valence-corrected chi connectivity index (χ0v) is 4.24. The SMILES string of the molecule is N/C=C/c1ccno1. The smallest absolute Gasteiger partial charge is 0.161 e. The fourth-order valence-corrected chi connectivity index (χ4v) is 0.406. The second kappa shape index (κ2) is 2.16. The first kappa shape index (κ1) is 4.90. The lowest BCUT2D eigenvalue weighted by Gasteiger charge is -1.73. The molecule has 0 fully saturated rings. The van der Waals surface area contributed by atoms with Crippen LogP contribution in [0.25, 0.3) is 6.08 Å². The number of rotatable bonds is 1. The molecule has 8 heavy (non-hydrogen) atoms. The van der Waals surface area contributed by atoms with E-state index in [4.69, 9.17) is 5.73 Å². The van der Waals surface area contributed by atoms with Gasteiger partial charge in [-0.15, -0.1) is 0 Å². The molecule has 0 saturated carbocycles. The van der Waals surface area contributed by atoms with Crippen LogP contribution in [0.5, 0.6) is 0 Å². The number of hydrogen-bond donors (Lipinski definition) is 1. The van der Waals surface area contributed by atoms with Gasteiger partial charge in [-0.25, -0.2) is 0 Å². The first-order valence-electron chi connectivity index (χ1n) is 2.22. The highest BCUT2D eigenvalue weighted by molar-refractivity contribution is 5.39. The van der Waals surface area contributed by atoms with E-state index in [1.54, 1.807) is 18.3 Å². The van der Waals surface area contributed by atoms with E-state index < -0.39 is 0 Å². The van der Waals surface area contributed by atoms with E-state index in [2.05, 4.69) is 9.68 Å². The Morgan fingerprint density at radius 2 is 2.62 bits per heavy atom. The molecule has 1 rings (SSSR count). The van der Waals surface area contributed by atoms with Crippen molar-refractivity contribution in [1.29, 1.82) is 0 Å². The van der Waals surface area contributed by atoms with Gasteiger partial charge in [0.1, 0.15) is 0 Å². The third-order valence-electron chi connectivity index (χ3n) is 0.718. The Morgan fingerprint density at radius 1 is 1.75 bits per heavy atom. The highest BCUT2D eigenvalue weighted by atomic mass is 16.5. The molecule has 0 aromatic carbocycles. The van der Waals surface area contributed by atoms with Crippen molar-refractivity contribution in [3.05, 3.63) is 24.2 Å². The number of hydrogen-bond acceptors (Lipinski definition) is 3. The molecule has 1 aromatic rings. The van der Waals surface area contributed by atoms with Crippen molar-refractivity contribution < 1.29 is 4.52 Å². The lowest BCUT2D eigenvalue weighted by atomic mass is 10.4. The maximum Gasteiger partial charge on any atom is 0.161 e. The molecule has 0 radical (unpaired) electrons. The Kier molecular flexibility index (Phi) is 1.32. The van der Waals surface area contributed by atoms with Crippen molar-refractivity contribution in [3.8, 4) is 0 Å². The van der Waals surface area contributed by atoms with Crippen LogP contribution in [0.15, 0.2) is 23.0 Å². The van der Waals surface area contributed by atoms with E-state index >= 15 is 0 Å². The summed E-state index contributed by atoms with van der Waals surface area (Å²) < 4.78 is 4.66. The average Bonchev–Trinajstić information content (AvgIpc) is 2.19. The number of nitrogens with zero attached hydrogens (tertiary/aromatic N) is 1. The highest BCUT2D eigenvalue weighted by Gasteiger charge is 1.84. The predicted octanol–water partition coefficient (Wildman–Crippen LogP) is 0.604.